The van der Waals surface area contributed by atoms with Crippen molar-refractivity contribution in [1.29, 1.82) is 0 Å². The number of carbonyl (C=O) groups excluding carboxylic acids is 2. The van der Waals surface area contributed by atoms with Crippen molar-refractivity contribution in [1.82, 2.24) is 10.2 Å². The SMILES string of the molecule is CC[C@H](Oc1ccc2c(c1)[C@H](c1cccc(F)c1)N(C(=O)C(C)(C)C)CC2)C(=O)NC[C@H]1CCCO1. The first kappa shape index (κ1) is 26.1. The molecule has 2 aromatic rings. The number of hydrogen-bond donors (Lipinski definition) is 1. The summed E-state index contributed by atoms with van der Waals surface area (Å²) in [6.07, 6.45) is 2.60. The number of ether oxygens (including phenoxy) is 2. The maximum absolute atomic E-state index is 14.2. The van der Waals surface area contributed by atoms with Gasteiger partial charge in [0, 0.05) is 25.1 Å². The molecule has 1 fully saturated rings. The summed E-state index contributed by atoms with van der Waals surface area (Å²) in [5.74, 6) is 0.0501. The number of carbonyl (C=O) groups is 2. The van der Waals surface area contributed by atoms with Crippen LogP contribution < -0.4 is 10.1 Å². The Hall–Kier alpha value is -2.93. The predicted molar refractivity (Wildman–Crippen MR) is 136 cm³/mol. The third kappa shape index (κ3) is 5.89. The van der Waals surface area contributed by atoms with Crippen molar-refractivity contribution in [3.63, 3.8) is 0 Å². The normalized spacial score (nSPS) is 20.5. The highest BCUT2D eigenvalue weighted by Crippen LogP contribution is 2.39. The highest BCUT2D eigenvalue weighted by molar-refractivity contribution is 5.83. The van der Waals surface area contributed by atoms with Gasteiger partial charge in [-0.05, 0) is 66.6 Å². The van der Waals surface area contributed by atoms with Gasteiger partial charge in [-0.15, -0.1) is 0 Å². The van der Waals surface area contributed by atoms with E-state index in [-0.39, 0.29) is 23.7 Å². The molecule has 1 saturated heterocycles. The number of benzene rings is 2. The Kier molecular flexibility index (Phi) is 7.98. The average molecular weight is 497 g/mol. The summed E-state index contributed by atoms with van der Waals surface area (Å²) in [5.41, 5.74) is 2.13. The van der Waals surface area contributed by atoms with E-state index in [9.17, 15) is 14.0 Å². The molecule has 0 radical (unpaired) electrons. The van der Waals surface area contributed by atoms with Crippen molar-refractivity contribution < 1.29 is 23.5 Å². The van der Waals surface area contributed by atoms with Crippen LogP contribution in [-0.4, -0.2) is 48.6 Å². The van der Waals surface area contributed by atoms with Crippen LogP contribution in [-0.2, 0) is 20.7 Å². The summed E-state index contributed by atoms with van der Waals surface area (Å²) in [4.78, 5) is 28.1. The fraction of sp³-hybridized carbons (Fsp3) is 0.517. The van der Waals surface area contributed by atoms with Gasteiger partial charge in [-0.2, -0.15) is 0 Å². The molecule has 2 aliphatic heterocycles. The minimum absolute atomic E-state index is 0.00803. The molecular weight excluding hydrogens is 459 g/mol. The fourth-order valence-electron chi connectivity index (χ4n) is 4.97. The molecule has 7 heteroatoms. The molecule has 0 aliphatic carbocycles. The van der Waals surface area contributed by atoms with Crippen LogP contribution in [0.2, 0.25) is 0 Å². The van der Waals surface area contributed by atoms with E-state index in [0.29, 0.717) is 37.2 Å². The summed E-state index contributed by atoms with van der Waals surface area (Å²) in [6.45, 7) is 9.37. The Morgan fingerprint density at radius 1 is 1.22 bits per heavy atom. The molecule has 3 atom stereocenters. The first-order valence-electron chi connectivity index (χ1n) is 12.9. The van der Waals surface area contributed by atoms with E-state index in [2.05, 4.69) is 5.32 Å². The zero-order chi connectivity index (χ0) is 25.9. The van der Waals surface area contributed by atoms with Gasteiger partial charge in [0.1, 0.15) is 11.6 Å². The molecular formula is C29H37FN2O4. The lowest BCUT2D eigenvalue weighted by Crippen LogP contribution is -2.45. The van der Waals surface area contributed by atoms with Crippen molar-refractivity contribution in [2.45, 2.75) is 71.6 Å². The quantitative estimate of drug-likeness (QED) is 0.598. The van der Waals surface area contributed by atoms with Crippen LogP contribution in [0.5, 0.6) is 5.75 Å². The second-order valence-electron chi connectivity index (χ2n) is 10.7. The second kappa shape index (κ2) is 11.0. The second-order valence-corrected chi connectivity index (χ2v) is 10.7. The summed E-state index contributed by atoms with van der Waals surface area (Å²) in [6, 6.07) is 11.8. The maximum atomic E-state index is 14.2. The molecule has 0 spiro atoms. The number of hydrogen-bond acceptors (Lipinski definition) is 4. The topological polar surface area (TPSA) is 67.9 Å². The molecule has 36 heavy (non-hydrogen) atoms. The van der Waals surface area contributed by atoms with E-state index in [1.807, 2.05) is 56.9 Å². The van der Waals surface area contributed by atoms with Crippen LogP contribution in [0.25, 0.3) is 0 Å². The Balaban J connectivity index is 1.61. The Bertz CT molecular complexity index is 1090. The third-order valence-electron chi connectivity index (χ3n) is 6.88. The van der Waals surface area contributed by atoms with E-state index in [1.54, 1.807) is 6.07 Å². The molecule has 4 rings (SSSR count). The minimum atomic E-state index is -0.645. The molecule has 6 nitrogen and oxygen atoms in total. The average Bonchev–Trinajstić information content (AvgIpc) is 3.37. The number of nitrogens with one attached hydrogen (secondary N) is 1. The number of rotatable bonds is 7. The van der Waals surface area contributed by atoms with Gasteiger partial charge in [-0.1, -0.05) is 45.9 Å². The van der Waals surface area contributed by atoms with Gasteiger partial charge in [-0.25, -0.2) is 4.39 Å². The Morgan fingerprint density at radius 2 is 2.03 bits per heavy atom. The summed E-state index contributed by atoms with van der Waals surface area (Å²) < 4.78 is 26.0. The summed E-state index contributed by atoms with van der Waals surface area (Å²) >= 11 is 0. The minimum Gasteiger partial charge on any atom is -0.481 e. The van der Waals surface area contributed by atoms with Crippen LogP contribution in [0.1, 0.15) is 69.7 Å². The lowest BCUT2D eigenvalue weighted by molar-refractivity contribution is -0.141. The van der Waals surface area contributed by atoms with Crippen molar-refractivity contribution in [3.8, 4) is 5.75 Å². The van der Waals surface area contributed by atoms with Crippen molar-refractivity contribution in [3.05, 3.63) is 65.0 Å². The molecule has 0 bridgehead atoms. The number of fused-ring (bicyclic) bond motifs is 1. The third-order valence-corrected chi connectivity index (χ3v) is 6.88. The lowest BCUT2D eigenvalue weighted by Gasteiger charge is -2.41. The van der Waals surface area contributed by atoms with Crippen LogP contribution in [0.4, 0.5) is 4.39 Å². The van der Waals surface area contributed by atoms with E-state index in [0.717, 1.165) is 30.6 Å². The molecule has 2 aliphatic rings. The molecule has 0 saturated carbocycles. The highest BCUT2D eigenvalue weighted by atomic mass is 19.1. The van der Waals surface area contributed by atoms with Gasteiger partial charge in [0.2, 0.25) is 5.91 Å². The molecule has 2 aromatic carbocycles. The Morgan fingerprint density at radius 3 is 2.69 bits per heavy atom. The predicted octanol–water partition coefficient (Wildman–Crippen LogP) is 4.80. The molecule has 2 heterocycles. The maximum Gasteiger partial charge on any atom is 0.261 e. The smallest absolute Gasteiger partial charge is 0.261 e. The molecule has 2 amide bonds. The Labute approximate surface area is 213 Å². The van der Waals surface area contributed by atoms with E-state index in [1.165, 1.54) is 12.1 Å². The van der Waals surface area contributed by atoms with Gasteiger partial charge < -0.3 is 19.7 Å². The number of halogens is 1. The molecule has 1 N–H and O–H groups in total. The first-order chi connectivity index (χ1) is 17.2. The van der Waals surface area contributed by atoms with Crippen LogP contribution in [0, 0.1) is 11.2 Å². The molecule has 194 valence electrons. The van der Waals surface area contributed by atoms with Crippen molar-refractivity contribution in [2.75, 3.05) is 19.7 Å². The van der Waals surface area contributed by atoms with Crippen LogP contribution in [0.3, 0.4) is 0 Å². The fourth-order valence-corrected chi connectivity index (χ4v) is 4.97. The van der Waals surface area contributed by atoms with Gasteiger partial charge in [0.15, 0.2) is 6.10 Å². The summed E-state index contributed by atoms with van der Waals surface area (Å²) in [7, 11) is 0. The monoisotopic (exact) mass is 496 g/mol. The van der Waals surface area contributed by atoms with Gasteiger partial charge in [0.25, 0.3) is 5.91 Å². The van der Waals surface area contributed by atoms with E-state index < -0.39 is 17.6 Å². The summed E-state index contributed by atoms with van der Waals surface area (Å²) in [5, 5.41) is 2.95. The van der Waals surface area contributed by atoms with Crippen molar-refractivity contribution in [2.24, 2.45) is 5.41 Å². The van der Waals surface area contributed by atoms with Crippen molar-refractivity contribution >= 4 is 11.8 Å². The van der Waals surface area contributed by atoms with Crippen LogP contribution in [0.15, 0.2) is 42.5 Å². The zero-order valence-corrected chi connectivity index (χ0v) is 21.7. The standard InChI is InChI=1S/C29H37FN2O4/c1-5-25(27(33)31-18-23-10-7-15-35-23)36-22-12-11-19-13-14-32(28(34)29(2,3)4)26(24(19)17-22)20-8-6-9-21(30)16-20/h6,8-9,11-12,16-17,23,25-26H,5,7,10,13-15,18H2,1-4H3,(H,31,33)/t23-,25+,26+/m1/s1. The van der Waals surface area contributed by atoms with Gasteiger partial charge in [-0.3, -0.25) is 9.59 Å². The van der Waals surface area contributed by atoms with E-state index in [4.69, 9.17) is 9.47 Å². The number of nitrogens with zero attached hydrogens (tertiary/aromatic N) is 1. The van der Waals surface area contributed by atoms with Crippen LogP contribution >= 0.6 is 0 Å². The molecule has 0 unspecified atom stereocenters. The number of amides is 2. The van der Waals surface area contributed by atoms with Gasteiger partial charge in [0.05, 0.1) is 12.1 Å². The lowest BCUT2D eigenvalue weighted by atomic mass is 9.85. The zero-order valence-electron chi connectivity index (χ0n) is 21.7. The first-order valence-corrected chi connectivity index (χ1v) is 12.9. The molecule has 0 aromatic heterocycles. The van der Waals surface area contributed by atoms with E-state index >= 15 is 0 Å². The largest absolute Gasteiger partial charge is 0.481 e. The highest BCUT2D eigenvalue weighted by Gasteiger charge is 2.37. The van der Waals surface area contributed by atoms with Gasteiger partial charge >= 0.3 is 0 Å².